The Labute approximate surface area is 212 Å². The third kappa shape index (κ3) is 9.55. The van der Waals surface area contributed by atoms with Gasteiger partial charge in [0.15, 0.2) is 0 Å². The molecule has 0 amide bonds. The monoisotopic (exact) mass is 506 g/mol. The first-order chi connectivity index (χ1) is 16.9. The number of nitro groups is 2. The van der Waals surface area contributed by atoms with Crippen LogP contribution in [0.1, 0.15) is 24.0 Å². The van der Waals surface area contributed by atoms with Crippen molar-refractivity contribution in [2.24, 2.45) is 0 Å². The normalized spacial score (nSPS) is 10.7. The van der Waals surface area contributed by atoms with Gasteiger partial charge in [-0.15, -0.1) is 0 Å². The largest absolute Gasteiger partial charge is 0.495 e. The summed E-state index contributed by atoms with van der Waals surface area (Å²) in [6.45, 7) is 1.76. The fourth-order valence-corrected chi connectivity index (χ4v) is 3.52. The molecule has 12 nitrogen and oxygen atoms in total. The predicted octanol–water partition coefficient (Wildman–Crippen LogP) is 3.36. The van der Waals surface area contributed by atoms with Crippen molar-refractivity contribution >= 4 is 22.7 Å². The van der Waals surface area contributed by atoms with Gasteiger partial charge in [-0.2, -0.15) is 0 Å². The number of aryl methyl sites for hydroxylation is 2. The number of nitrogens with zero attached hydrogens (tertiary/aromatic N) is 4. The molecule has 4 N–H and O–H groups in total. The van der Waals surface area contributed by atoms with E-state index in [1.165, 1.54) is 26.4 Å². The lowest BCUT2D eigenvalue weighted by atomic mass is 10.1. The Morgan fingerprint density at radius 1 is 0.722 bits per heavy atom. The molecule has 2 aromatic carbocycles. The standard InChI is InChI=1S/2C12H19N3O3/c2*1-14(2)6-4-5-9-7-12(18-3)10(13)8-11(9)15(16)17/h2*7-8H,4-6,13H2,1-3H3. The number of ether oxygens (including phenoxy) is 2. The number of nitrogen functional groups attached to an aromatic ring is 2. The van der Waals surface area contributed by atoms with E-state index in [9.17, 15) is 20.2 Å². The zero-order chi connectivity index (χ0) is 27.4. The molecule has 200 valence electrons. The maximum atomic E-state index is 11.0. The van der Waals surface area contributed by atoms with Crippen molar-refractivity contribution in [2.75, 3.05) is 67.0 Å². The minimum absolute atomic E-state index is 0.0621. The highest BCUT2D eigenvalue weighted by Gasteiger charge is 2.18. The fraction of sp³-hybridized carbons (Fsp3) is 0.500. The van der Waals surface area contributed by atoms with Crippen LogP contribution in [0, 0.1) is 20.2 Å². The molecule has 0 heterocycles. The molecule has 0 atom stereocenters. The lowest BCUT2D eigenvalue weighted by molar-refractivity contribution is -0.385. The summed E-state index contributed by atoms with van der Waals surface area (Å²) in [5, 5.41) is 21.9. The van der Waals surface area contributed by atoms with Gasteiger partial charge in [0, 0.05) is 23.3 Å². The Hall–Kier alpha value is -3.64. The fourth-order valence-electron chi connectivity index (χ4n) is 3.52. The molecule has 0 saturated heterocycles. The molecule has 0 bridgehead atoms. The molecule has 2 aromatic rings. The molecule has 0 saturated carbocycles. The van der Waals surface area contributed by atoms with E-state index in [1.54, 1.807) is 12.1 Å². The van der Waals surface area contributed by atoms with Crippen molar-refractivity contribution in [3.8, 4) is 11.5 Å². The van der Waals surface area contributed by atoms with E-state index >= 15 is 0 Å². The molecular weight excluding hydrogens is 468 g/mol. The molecule has 0 aliphatic carbocycles. The second-order valence-electron chi connectivity index (χ2n) is 8.77. The quantitative estimate of drug-likeness (QED) is 0.248. The van der Waals surface area contributed by atoms with Crippen LogP contribution in [0.3, 0.4) is 0 Å². The lowest BCUT2D eigenvalue weighted by Crippen LogP contribution is -2.13. The zero-order valence-corrected chi connectivity index (χ0v) is 21.9. The molecule has 0 spiro atoms. The van der Waals surface area contributed by atoms with Crippen molar-refractivity contribution < 1.29 is 19.3 Å². The maximum Gasteiger partial charge on any atom is 0.274 e. The van der Waals surface area contributed by atoms with Crippen LogP contribution in [0.2, 0.25) is 0 Å². The topological polar surface area (TPSA) is 163 Å². The average Bonchev–Trinajstić information content (AvgIpc) is 2.80. The smallest absolute Gasteiger partial charge is 0.274 e. The Bertz CT molecular complexity index is 947. The zero-order valence-electron chi connectivity index (χ0n) is 21.9. The highest BCUT2D eigenvalue weighted by Crippen LogP contribution is 2.32. The Morgan fingerprint density at radius 3 is 1.31 bits per heavy atom. The highest BCUT2D eigenvalue weighted by molar-refractivity contribution is 5.62. The first-order valence-electron chi connectivity index (χ1n) is 11.4. The van der Waals surface area contributed by atoms with Gasteiger partial charge >= 0.3 is 0 Å². The predicted molar refractivity (Wildman–Crippen MR) is 142 cm³/mol. The number of nitrogens with two attached hydrogens (primary N) is 2. The number of benzene rings is 2. The number of nitro benzene ring substituents is 2. The summed E-state index contributed by atoms with van der Waals surface area (Å²) in [5.74, 6) is 0.973. The molecule has 0 fully saturated rings. The van der Waals surface area contributed by atoms with E-state index < -0.39 is 9.85 Å². The van der Waals surface area contributed by atoms with Gasteiger partial charge in [-0.3, -0.25) is 20.2 Å². The van der Waals surface area contributed by atoms with Crippen LogP contribution in [0.25, 0.3) is 0 Å². The van der Waals surface area contributed by atoms with Crippen LogP contribution >= 0.6 is 0 Å². The van der Waals surface area contributed by atoms with Gasteiger partial charge in [-0.25, -0.2) is 0 Å². The van der Waals surface area contributed by atoms with Crippen molar-refractivity contribution in [1.82, 2.24) is 9.80 Å². The summed E-state index contributed by atoms with van der Waals surface area (Å²) < 4.78 is 10.2. The van der Waals surface area contributed by atoms with Crippen molar-refractivity contribution in [2.45, 2.75) is 25.7 Å². The van der Waals surface area contributed by atoms with Crippen molar-refractivity contribution in [3.05, 3.63) is 55.6 Å². The number of hydrogen-bond donors (Lipinski definition) is 2. The molecule has 36 heavy (non-hydrogen) atoms. The molecule has 0 unspecified atom stereocenters. The maximum absolute atomic E-state index is 11.0. The van der Waals surface area contributed by atoms with Gasteiger partial charge in [0.2, 0.25) is 0 Å². The van der Waals surface area contributed by atoms with Crippen LogP contribution in [-0.4, -0.2) is 75.1 Å². The third-order valence-corrected chi connectivity index (χ3v) is 5.36. The molecule has 0 aromatic heterocycles. The van der Waals surface area contributed by atoms with E-state index in [1.807, 2.05) is 38.0 Å². The SMILES string of the molecule is COc1cc(CCCN(C)C)c([N+](=O)[O-])cc1N.COc1cc(CCCN(C)C)c([N+](=O)[O-])cc1N. The average molecular weight is 507 g/mol. The van der Waals surface area contributed by atoms with Gasteiger partial charge in [0.05, 0.1) is 35.4 Å². The van der Waals surface area contributed by atoms with Crippen LogP contribution in [0.5, 0.6) is 11.5 Å². The Balaban J connectivity index is 0.000000360. The second kappa shape index (κ2) is 14.7. The number of hydrogen-bond acceptors (Lipinski definition) is 10. The van der Waals surface area contributed by atoms with E-state index in [2.05, 4.69) is 0 Å². The first-order valence-corrected chi connectivity index (χ1v) is 11.4. The summed E-state index contributed by atoms with van der Waals surface area (Å²) in [5.41, 5.74) is 13.4. The highest BCUT2D eigenvalue weighted by atomic mass is 16.6. The molecule has 12 heteroatoms. The minimum Gasteiger partial charge on any atom is -0.495 e. The van der Waals surface area contributed by atoms with Gasteiger partial charge in [0.1, 0.15) is 11.5 Å². The first kappa shape index (κ1) is 30.4. The van der Waals surface area contributed by atoms with Gasteiger partial charge in [-0.1, -0.05) is 0 Å². The third-order valence-electron chi connectivity index (χ3n) is 5.36. The van der Waals surface area contributed by atoms with E-state index in [-0.39, 0.29) is 11.4 Å². The van der Waals surface area contributed by atoms with Crippen molar-refractivity contribution in [1.29, 1.82) is 0 Å². The molecule has 0 aliphatic heterocycles. The van der Waals surface area contributed by atoms with Crippen molar-refractivity contribution in [3.63, 3.8) is 0 Å². The van der Waals surface area contributed by atoms with E-state index in [0.29, 0.717) is 46.8 Å². The summed E-state index contributed by atoms with van der Waals surface area (Å²) in [4.78, 5) is 25.2. The van der Waals surface area contributed by atoms with Crippen LogP contribution in [-0.2, 0) is 12.8 Å². The van der Waals surface area contributed by atoms with Crippen LogP contribution in [0.4, 0.5) is 22.7 Å². The summed E-state index contributed by atoms with van der Waals surface area (Å²) in [6, 6.07) is 6.04. The molecule has 2 rings (SSSR count). The summed E-state index contributed by atoms with van der Waals surface area (Å²) in [7, 11) is 10.9. The molecule has 0 aliphatic rings. The van der Waals surface area contributed by atoms with E-state index in [4.69, 9.17) is 20.9 Å². The minimum atomic E-state index is -0.402. The Morgan fingerprint density at radius 2 is 1.06 bits per heavy atom. The van der Waals surface area contributed by atoms with Crippen LogP contribution in [0.15, 0.2) is 24.3 Å². The number of anilines is 2. The van der Waals surface area contributed by atoms with Gasteiger partial charge < -0.3 is 30.7 Å². The van der Waals surface area contributed by atoms with Gasteiger partial charge in [0.25, 0.3) is 11.4 Å². The molecule has 0 radical (unpaired) electrons. The summed E-state index contributed by atoms with van der Waals surface area (Å²) >= 11 is 0. The Kier molecular flexibility index (Phi) is 12.4. The lowest BCUT2D eigenvalue weighted by Gasteiger charge is -2.11. The molecular formula is C24H38N6O6. The second-order valence-corrected chi connectivity index (χ2v) is 8.77. The number of methoxy groups -OCH3 is 2. The number of rotatable bonds is 12. The van der Waals surface area contributed by atoms with E-state index in [0.717, 1.165) is 25.9 Å². The van der Waals surface area contributed by atoms with Crippen LogP contribution < -0.4 is 20.9 Å². The summed E-state index contributed by atoms with van der Waals surface area (Å²) in [6.07, 6.45) is 2.96. The van der Waals surface area contributed by atoms with Gasteiger partial charge in [-0.05, 0) is 79.1 Å².